The van der Waals surface area contributed by atoms with Crippen LogP contribution in [-0.2, 0) is 16.2 Å². The fourth-order valence-electron chi connectivity index (χ4n) is 2.06. The van der Waals surface area contributed by atoms with Crippen molar-refractivity contribution < 1.29 is 26.3 Å². The lowest BCUT2D eigenvalue weighted by Gasteiger charge is -2.37. The van der Waals surface area contributed by atoms with Crippen LogP contribution in [0.4, 0.5) is 13.2 Å². The van der Waals surface area contributed by atoms with E-state index in [0.29, 0.717) is 11.3 Å². The first-order valence-corrected chi connectivity index (χ1v) is 8.82. The van der Waals surface area contributed by atoms with Gasteiger partial charge in [-0.05, 0) is 18.2 Å². The smallest absolute Gasteiger partial charge is 0.416 e. The van der Waals surface area contributed by atoms with E-state index >= 15 is 0 Å². The lowest BCUT2D eigenvalue weighted by Crippen LogP contribution is -2.55. The Labute approximate surface area is 134 Å². The number of alkyl halides is 3. The van der Waals surface area contributed by atoms with Gasteiger partial charge in [-0.1, -0.05) is 17.4 Å². The first kappa shape index (κ1) is 16.2. The van der Waals surface area contributed by atoms with E-state index in [1.165, 1.54) is 11.3 Å². The van der Waals surface area contributed by atoms with E-state index in [4.69, 9.17) is 4.74 Å². The Morgan fingerprint density at radius 2 is 2.04 bits per heavy atom. The topological polar surface area (TPSA) is 59.5 Å². The van der Waals surface area contributed by atoms with Crippen LogP contribution in [0.5, 0.6) is 5.19 Å². The molecule has 0 spiro atoms. The van der Waals surface area contributed by atoms with Crippen LogP contribution < -0.4 is 4.74 Å². The van der Waals surface area contributed by atoms with E-state index in [9.17, 15) is 21.6 Å². The van der Waals surface area contributed by atoms with Crippen LogP contribution in [0.3, 0.4) is 0 Å². The number of rotatable bonds is 4. The van der Waals surface area contributed by atoms with Crippen molar-refractivity contribution in [1.82, 2.24) is 9.29 Å². The molecule has 0 amide bonds. The largest absolute Gasteiger partial charge is 0.464 e. The van der Waals surface area contributed by atoms with Crippen molar-refractivity contribution in [3.8, 4) is 5.19 Å². The summed E-state index contributed by atoms with van der Waals surface area (Å²) in [5.41, 5.74) is -0.991. The summed E-state index contributed by atoms with van der Waals surface area (Å²) in [4.78, 5) is 3.55. The van der Waals surface area contributed by atoms with E-state index in [-0.39, 0.29) is 24.1 Å². The standard InChI is InChI=1S/C13H11F3N2O3S2/c14-13(15,16)9-2-1-3-11(6-9)23(19,20)18-7-10(8-18)21-12-17-4-5-22-12/h1-6,10H,7-8H2. The Kier molecular flexibility index (Phi) is 4.07. The maximum absolute atomic E-state index is 12.7. The number of aromatic nitrogens is 1. The second kappa shape index (κ2) is 5.77. The molecule has 2 heterocycles. The molecular formula is C13H11F3N2O3S2. The zero-order valence-corrected chi connectivity index (χ0v) is 13.2. The van der Waals surface area contributed by atoms with Gasteiger partial charge < -0.3 is 4.74 Å². The minimum atomic E-state index is -4.59. The van der Waals surface area contributed by atoms with Gasteiger partial charge in [0.15, 0.2) is 0 Å². The second-order valence-corrected chi connectivity index (χ2v) is 7.68. The number of sulfonamides is 1. The Morgan fingerprint density at radius 3 is 2.65 bits per heavy atom. The summed E-state index contributed by atoms with van der Waals surface area (Å²) >= 11 is 1.28. The van der Waals surface area contributed by atoms with E-state index < -0.39 is 21.8 Å². The van der Waals surface area contributed by atoms with Gasteiger partial charge in [-0.2, -0.15) is 17.5 Å². The van der Waals surface area contributed by atoms with Crippen molar-refractivity contribution in [3.63, 3.8) is 0 Å². The monoisotopic (exact) mass is 364 g/mol. The molecule has 1 saturated heterocycles. The number of ether oxygens (including phenoxy) is 1. The molecule has 124 valence electrons. The van der Waals surface area contributed by atoms with Crippen LogP contribution >= 0.6 is 11.3 Å². The van der Waals surface area contributed by atoms with Gasteiger partial charge in [0.25, 0.3) is 5.19 Å². The molecule has 0 unspecified atom stereocenters. The predicted molar refractivity (Wildman–Crippen MR) is 76.7 cm³/mol. The van der Waals surface area contributed by atoms with E-state index in [1.54, 1.807) is 11.6 Å². The molecular weight excluding hydrogens is 353 g/mol. The molecule has 0 radical (unpaired) electrons. The molecule has 0 bridgehead atoms. The van der Waals surface area contributed by atoms with Crippen molar-refractivity contribution in [3.05, 3.63) is 41.4 Å². The third kappa shape index (κ3) is 3.33. The summed E-state index contributed by atoms with van der Waals surface area (Å²) < 4.78 is 69.3. The molecule has 0 N–H and O–H groups in total. The highest BCUT2D eigenvalue weighted by atomic mass is 32.2. The molecule has 5 nitrogen and oxygen atoms in total. The molecule has 23 heavy (non-hydrogen) atoms. The lowest BCUT2D eigenvalue weighted by atomic mass is 10.2. The molecule has 0 aliphatic carbocycles. The van der Waals surface area contributed by atoms with E-state index in [1.807, 2.05) is 0 Å². The SMILES string of the molecule is O=S(=O)(c1cccc(C(F)(F)F)c1)N1CC(Oc2nccs2)C1. The van der Waals surface area contributed by atoms with Crippen LogP contribution in [0.25, 0.3) is 0 Å². The Hall–Kier alpha value is -1.65. The summed E-state index contributed by atoms with van der Waals surface area (Å²) in [6.07, 6.45) is -3.37. The average molecular weight is 364 g/mol. The molecule has 1 aliphatic heterocycles. The molecule has 10 heteroatoms. The summed E-state index contributed by atoms with van der Waals surface area (Å²) in [7, 11) is -3.96. The van der Waals surface area contributed by atoms with Crippen LogP contribution in [0.15, 0.2) is 40.7 Å². The first-order valence-electron chi connectivity index (χ1n) is 6.50. The molecule has 0 atom stereocenters. The first-order chi connectivity index (χ1) is 10.8. The fourth-order valence-corrected chi connectivity index (χ4v) is 4.17. The van der Waals surface area contributed by atoms with Gasteiger partial charge in [0.05, 0.1) is 23.5 Å². The Bertz CT molecular complexity index is 785. The summed E-state index contributed by atoms with van der Waals surface area (Å²) in [6.45, 7) is 0.163. The lowest BCUT2D eigenvalue weighted by molar-refractivity contribution is -0.137. The predicted octanol–water partition coefficient (Wildman–Crippen LogP) is 2.61. The minimum absolute atomic E-state index is 0.0815. The third-order valence-corrected chi connectivity index (χ3v) is 5.78. The number of halogens is 3. The number of benzene rings is 1. The number of hydrogen-bond acceptors (Lipinski definition) is 5. The number of thiazole rings is 1. The van der Waals surface area contributed by atoms with Gasteiger partial charge in [0, 0.05) is 11.6 Å². The van der Waals surface area contributed by atoms with Crippen molar-refractivity contribution in [2.75, 3.05) is 13.1 Å². The molecule has 1 aromatic heterocycles. The van der Waals surface area contributed by atoms with E-state index in [0.717, 1.165) is 22.5 Å². The number of nitrogens with zero attached hydrogens (tertiary/aromatic N) is 2. The van der Waals surface area contributed by atoms with Crippen molar-refractivity contribution in [2.24, 2.45) is 0 Å². The minimum Gasteiger partial charge on any atom is -0.464 e. The van der Waals surface area contributed by atoms with Gasteiger partial charge in [-0.15, -0.1) is 0 Å². The van der Waals surface area contributed by atoms with Gasteiger partial charge in [0.1, 0.15) is 6.10 Å². The van der Waals surface area contributed by atoms with Crippen LogP contribution in [0, 0.1) is 0 Å². The molecule has 1 fully saturated rings. The Morgan fingerprint density at radius 1 is 1.30 bits per heavy atom. The molecule has 1 aliphatic rings. The zero-order valence-electron chi connectivity index (χ0n) is 11.5. The fraction of sp³-hybridized carbons (Fsp3) is 0.308. The van der Waals surface area contributed by atoms with Gasteiger partial charge >= 0.3 is 6.18 Å². The highest BCUT2D eigenvalue weighted by Gasteiger charge is 2.39. The average Bonchev–Trinajstić information content (AvgIpc) is 2.94. The quantitative estimate of drug-likeness (QED) is 0.837. The molecule has 2 aromatic rings. The van der Waals surface area contributed by atoms with Gasteiger partial charge in [0.2, 0.25) is 10.0 Å². The maximum Gasteiger partial charge on any atom is 0.416 e. The van der Waals surface area contributed by atoms with Crippen LogP contribution in [0.1, 0.15) is 5.56 Å². The number of hydrogen-bond donors (Lipinski definition) is 0. The van der Waals surface area contributed by atoms with Crippen molar-refractivity contribution in [1.29, 1.82) is 0 Å². The summed E-state index contributed by atoms with van der Waals surface area (Å²) in [5.74, 6) is 0. The summed E-state index contributed by atoms with van der Waals surface area (Å²) in [6, 6.07) is 3.71. The Balaban J connectivity index is 1.71. The maximum atomic E-state index is 12.7. The van der Waals surface area contributed by atoms with Crippen molar-refractivity contribution in [2.45, 2.75) is 17.2 Å². The van der Waals surface area contributed by atoms with Gasteiger partial charge in [-0.3, -0.25) is 0 Å². The van der Waals surface area contributed by atoms with Gasteiger partial charge in [-0.25, -0.2) is 13.4 Å². The molecule has 3 rings (SSSR count). The third-order valence-electron chi connectivity index (χ3n) is 3.29. The normalized spacial score (nSPS) is 17.0. The van der Waals surface area contributed by atoms with Crippen LogP contribution in [-0.4, -0.2) is 36.9 Å². The molecule has 0 saturated carbocycles. The summed E-state index contributed by atoms with van der Waals surface area (Å²) in [5, 5.41) is 2.16. The molecule has 1 aromatic carbocycles. The van der Waals surface area contributed by atoms with E-state index in [2.05, 4.69) is 4.98 Å². The second-order valence-electron chi connectivity index (χ2n) is 4.89. The van der Waals surface area contributed by atoms with Crippen molar-refractivity contribution >= 4 is 21.4 Å². The highest BCUT2D eigenvalue weighted by Crippen LogP contribution is 2.32. The van der Waals surface area contributed by atoms with Crippen LogP contribution in [0.2, 0.25) is 0 Å². The zero-order chi connectivity index (χ0) is 16.7. The highest BCUT2D eigenvalue weighted by molar-refractivity contribution is 7.89.